The first-order chi connectivity index (χ1) is 24.0. The summed E-state index contributed by atoms with van der Waals surface area (Å²) >= 11 is 0. The third-order valence-electron chi connectivity index (χ3n) is 9.82. The molecular weight excluding hydrogens is 651 g/mol. The summed E-state index contributed by atoms with van der Waals surface area (Å²) in [7, 11) is 1.93. The summed E-state index contributed by atoms with van der Waals surface area (Å²) in [4.78, 5) is 30.3. The lowest BCUT2D eigenvalue weighted by Crippen LogP contribution is -2.39. The largest absolute Gasteiger partial charge is 0.497 e. The van der Waals surface area contributed by atoms with Gasteiger partial charge in [0, 0.05) is 45.4 Å². The van der Waals surface area contributed by atoms with Crippen molar-refractivity contribution in [2.24, 2.45) is 5.41 Å². The number of carbonyl (C=O) groups excluding carboxylic acids is 1. The lowest BCUT2D eigenvalue weighted by Gasteiger charge is -2.25. The first-order valence-electron chi connectivity index (χ1n) is 17.4. The Balaban J connectivity index is 1.34. The number of ether oxygens (including phenoxy) is 5. The molecule has 2 bridgehead atoms. The molecule has 2 saturated heterocycles. The molecule has 3 aromatic carbocycles. The molecule has 266 valence electrons. The first kappa shape index (κ1) is 35.5. The maximum absolute atomic E-state index is 14.1. The Morgan fingerprint density at radius 3 is 1.96 bits per heavy atom. The quantitative estimate of drug-likeness (QED) is 0.107. The number of nitrogens with one attached hydrogen (secondary N) is 1. The van der Waals surface area contributed by atoms with Crippen LogP contribution in [0.1, 0.15) is 34.3 Å². The Labute approximate surface area is 295 Å². The number of amides is 1. The van der Waals surface area contributed by atoms with Crippen molar-refractivity contribution in [2.45, 2.75) is 58.5 Å². The summed E-state index contributed by atoms with van der Waals surface area (Å²) in [6.45, 7) is 11.9. The van der Waals surface area contributed by atoms with Gasteiger partial charge in [-0.05, 0) is 73.4 Å². The Morgan fingerprint density at radius 2 is 1.44 bits per heavy atom. The summed E-state index contributed by atoms with van der Waals surface area (Å²) in [5.74, 6) is 2.01. The van der Waals surface area contributed by atoms with Crippen LogP contribution in [0.3, 0.4) is 0 Å². The van der Waals surface area contributed by atoms with E-state index in [1.807, 2.05) is 59.2 Å². The van der Waals surface area contributed by atoms with Gasteiger partial charge in [0.1, 0.15) is 37.0 Å². The third kappa shape index (κ3) is 8.51. The van der Waals surface area contributed by atoms with Crippen LogP contribution in [0.2, 0.25) is 25.7 Å². The number of aromatic nitrogens is 1. The lowest BCUT2D eigenvalue weighted by atomic mass is 9.84. The molecule has 11 heteroatoms. The summed E-state index contributed by atoms with van der Waals surface area (Å²) in [6.07, 6.45) is 3.76. The van der Waals surface area contributed by atoms with E-state index in [2.05, 4.69) is 29.9 Å². The van der Waals surface area contributed by atoms with E-state index in [4.69, 9.17) is 23.7 Å². The van der Waals surface area contributed by atoms with E-state index >= 15 is 0 Å². The van der Waals surface area contributed by atoms with Gasteiger partial charge in [-0.1, -0.05) is 43.9 Å². The predicted molar refractivity (Wildman–Crippen MR) is 197 cm³/mol. The highest BCUT2D eigenvalue weighted by Gasteiger charge is 2.43. The van der Waals surface area contributed by atoms with E-state index in [0.29, 0.717) is 35.6 Å². The van der Waals surface area contributed by atoms with Gasteiger partial charge in [0.15, 0.2) is 11.5 Å². The van der Waals surface area contributed by atoms with Crippen molar-refractivity contribution in [3.63, 3.8) is 0 Å². The van der Waals surface area contributed by atoms with E-state index in [-0.39, 0.29) is 42.3 Å². The first-order valence-corrected chi connectivity index (χ1v) is 21.1. The maximum atomic E-state index is 14.1. The number of fused-ring (bicyclic) bond motifs is 3. The minimum absolute atomic E-state index is 0.0866. The van der Waals surface area contributed by atoms with E-state index < -0.39 is 8.07 Å². The number of hydrogen-bond donors (Lipinski definition) is 1. The molecule has 1 N–H and O–H groups in total. The van der Waals surface area contributed by atoms with E-state index in [9.17, 15) is 9.59 Å². The van der Waals surface area contributed by atoms with Crippen LogP contribution in [0.25, 0.3) is 10.9 Å². The molecule has 50 heavy (non-hydrogen) atoms. The predicted octanol–water partition coefficient (Wildman–Crippen LogP) is 6.31. The fourth-order valence-electron chi connectivity index (χ4n) is 6.61. The molecule has 0 aliphatic carbocycles. The Hall–Kier alpha value is -4.32. The number of nitrogens with zero attached hydrogens (tertiary/aromatic N) is 2. The Bertz CT molecular complexity index is 1840. The second kappa shape index (κ2) is 15.3. The summed E-state index contributed by atoms with van der Waals surface area (Å²) in [6, 6.07) is 19.8. The molecule has 1 aromatic heterocycles. The van der Waals surface area contributed by atoms with Crippen LogP contribution in [-0.4, -0.2) is 70.5 Å². The van der Waals surface area contributed by atoms with Crippen molar-refractivity contribution in [1.82, 2.24) is 14.8 Å². The van der Waals surface area contributed by atoms with Crippen molar-refractivity contribution in [2.75, 3.05) is 47.0 Å². The van der Waals surface area contributed by atoms with Gasteiger partial charge >= 0.3 is 0 Å². The molecule has 0 atom stereocenters. The molecule has 0 unspecified atom stereocenters. The van der Waals surface area contributed by atoms with Crippen molar-refractivity contribution in [3.05, 3.63) is 93.8 Å². The highest BCUT2D eigenvalue weighted by molar-refractivity contribution is 6.76. The molecule has 0 spiro atoms. The monoisotopic (exact) mass is 699 g/mol. The molecule has 2 aliphatic heterocycles. The zero-order valence-electron chi connectivity index (χ0n) is 29.9. The fourth-order valence-corrected chi connectivity index (χ4v) is 7.37. The molecule has 2 aliphatic rings. The van der Waals surface area contributed by atoms with Gasteiger partial charge in [0.25, 0.3) is 5.91 Å². The average Bonchev–Trinajstić information content (AvgIpc) is 3.73. The van der Waals surface area contributed by atoms with Gasteiger partial charge in [-0.15, -0.1) is 0 Å². The van der Waals surface area contributed by atoms with Gasteiger partial charge in [0.2, 0.25) is 5.43 Å². The van der Waals surface area contributed by atoms with Gasteiger partial charge < -0.3 is 38.5 Å². The minimum Gasteiger partial charge on any atom is -0.497 e. The average molecular weight is 700 g/mol. The van der Waals surface area contributed by atoms with Crippen LogP contribution >= 0.6 is 0 Å². The van der Waals surface area contributed by atoms with Gasteiger partial charge in [-0.2, -0.15) is 0 Å². The van der Waals surface area contributed by atoms with Crippen LogP contribution in [0.5, 0.6) is 23.0 Å². The molecule has 0 radical (unpaired) electrons. The molecular formula is C39H49N3O7Si. The molecule has 2 fully saturated rings. The molecule has 4 aromatic rings. The van der Waals surface area contributed by atoms with Crippen LogP contribution < -0.4 is 29.7 Å². The minimum atomic E-state index is -1.33. The zero-order valence-corrected chi connectivity index (χ0v) is 30.9. The normalized spacial score (nSPS) is 18.3. The second-order valence-corrected chi connectivity index (χ2v) is 20.4. The zero-order chi connectivity index (χ0) is 35.3. The SMILES string of the molecule is COc1ccc(COc2cc3c(=O)c(C(=O)NCC45CCN(CC4)C5)cn(COCC[Si](C)(C)C)c3cc2OCc2ccc(OC)cc2)cc1. The number of rotatable bonds is 16. The van der Waals surface area contributed by atoms with Gasteiger partial charge in [-0.3, -0.25) is 9.59 Å². The van der Waals surface area contributed by atoms with E-state index in [0.717, 1.165) is 61.1 Å². The Morgan fingerprint density at radius 1 is 0.860 bits per heavy atom. The molecule has 10 nitrogen and oxygen atoms in total. The van der Waals surface area contributed by atoms with Gasteiger partial charge in [0.05, 0.1) is 25.1 Å². The fraction of sp³-hybridized carbons (Fsp3) is 0.436. The van der Waals surface area contributed by atoms with Crippen molar-refractivity contribution >= 4 is 24.9 Å². The summed E-state index contributed by atoms with van der Waals surface area (Å²) < 4.78 is 31.3. The molecule has 1 amide bonds. The number of piperidine rings is 1. The van der Waals surface area contributed by atoms with Gasteiger partial charge in [-0.25, -0.2) is 0 Å². The highest BCUT2D eigenvalue weighted by atomic mass is 28.3. The van der Waals surface area contributed by atoms with Crippen LogP contribution in [0.15, 0.2) is 71.7 Å². The third-order valence-corrected chi connectivity index (χ3v) is 11.5. The number of carbonyl (C=O) groups is 1. The molecule has 3 heterocycles. The Kier molecular flexibility index (Phi) is 10.9. The van der Waals surface area contributed by atoms with Crippen LogP contribution in [0.4, 0.5) is 0 Å². The summed E-state index contributed by atoms with van der Waals surface area (Å²) in [5, 5.41) is 3.48. The number of pyridine rings is 1. The smallest absolute Gasteiger partial charge is 0.256 e. The summed E-state index contributed by atoms with van der Waals surface area (Å²) in [5.41, 5.74) is 2.28. The number of benzene rings is 3. The van der Waals surface area contributed by atoms with Crippen LogP contribution in [-0.2, 0) is 24.7 Å². The topological polar surface area (TPSA) is 100 Å². The number of hydrogen-bond acceptors (Lipinski definition) is 8. The van der Waals surface area contributed by atoms with Crippen LogP contribution in [0, 0.1) is 5.41 Å². The van der Waals surface area contributed by atoms with E-state index in [1.165, 1.54) is 0 Å². The second-order valence-electron chi connectivity index (χ2n) is 14.7. The maximum Gasteiger partial charge on any atom is 0.256 e. The van der Waals surface area contributed by atoms with Crippen molar-refractivity contribution in [1.29, 1.82) is 0 Å². The lowest BCUT2D eigenvalue weighted by molar-refractivity contribution is 0.0881. The van der Waals surface area contributed by atoms with Crippen molar-refractivity contribution < 1.29 is 28.5 Å². The van der Waals surface area contributed by atoms with E-state index in [1.54, 1.807) is 26.5 Å². The molecule has 6 rings (SSSR count). The van der Waals surface area contributed by atoms with Crippen molar-refractivity contribution in [3.8, 4) is 23.0 Å². The standard InChI is InChI=1S/C39H49N3O7Si/c1-45-30-10-6-28(7-11-30)23-48-35-20-32-34(21-36(35)49-24-29-8-12-31(46-2)13-9-29)42(27-47-18-19-50(3,4)5)22-33(37(32)43)38(44)40-25-39-14-16-41(26-39)17-15-39/h6-13,20-22H,14-19,23-27H2,1-5H3,(H,40,44). The molecule has 0 saturated carbocycles. The highest BCUT2D eigenvalue weighted by Crippen LogP contribution is 2.40. The number of methoxy groups -OCH3 is 2.